The molecule has 0 bridgehead atoms. The van der Waals surface area contributed by atoms with Crippen molar-refractivity contribution in [1.29, 1.82) is 0 Å². The summed E-state index contributed by atoms with van der Waals surface area (Å²) in [5.41, 5.74) is 1.25. The Labute approximate surface area is 94.5 Å². The molecule has 0 aromatic carbocycles. The van der Waals surface area contributed by atoms with Crippen LogP contribution in [0.3, 0.4) is 0 Å². The highest BCUT2D eigenvalue weighted by atomic mass is 16.5. The Balaban J connectivity index is 2.08. The minimum atomic E-state index is 0.352. The van der Waals surface area contributed by atoms with Gasteiger partial charge in [-0.3, -0.25) is 0 Å². The number of aryl methyl sites for hydroxylation is 1. The molecule has 0 aliphatic carbocycles. The minimum absolute atomic E-state index is 0.352. The molecule has 1 atom stereocenters. The van der Waals surface area contributed by atoms with Crippen LogP contribution >= 0.6 is 0 Å². The van der Waals surface area contributed by atoms with E-state index in [1.54, 1.807) is 0 Å². The number of rotatable bonds is 4. The molecule has 0 fully saturated rings. The normalized spacial score (nSPS) is 12.9. The molecule has 0 saturated heterocycles. The molecule has 2 aromatic heterocycles. The Morgan fingerprint density at radius 2 is 2.38 bits per heavy atom. The Morgan fingerprint density at radius 1 is 1.56 bits per heavy atom. The first-order valence-electron chi connectivity index (χ1n) is 5.31. The molecule has 0 aliphatic heterocycles. The Morgan fingerprint density at radius 3 is 3.00 bits per heavy atom. The zero-order valence-corrected chi connectivity index (χ0v) is 9.77. The van der Waals surface area contributed by atoms with Gasteiger partial charge in [-0.15, -0.1) is 0 Å². The first-order chi connectivity index (χ1) is 7.69. The van der Waals surface area contributed by atoms with Crippen molar-refractivity contribution in [2.24, 2.45) is 0 Å². The molecule has 2 heterocycles. The van der Waals surface area contributed by atoms with Crippen molar-refractivity contribution in [2.45, 2.75) is 26.4 Å². The second-order valence-electron chi connectivity index (χ2n) is 3.86. The molecule has 1 N–H and O–H groups in total. The molecule has 2 aromatic rings. The molecule has 5 nitrogen and oxygen atoms in total. The Bertz CT molecular complexity index is 460. The maximum absolute atomic E-state index is 5.07. The summed E-state index contributed by atoms with van der Waals surface area (Å²) >= 11 is 0. The first-order valence-corrected chi connectivity index (χ1v) is 5.31. The van der Waals surface area contributed by atoms with E-state index in [2.05, 4.69) is 34.6 Å². The topological polar surface area (TPSA) is 55.9 Å². The number of aromatic nitrogens is 3. The van der Waals surface area contributed by atoms with Crippen molar-refractivity contribution in [3.8, 4) is 0 Å². The molecule has 16 heavy (non-hydrogen) atoms. The van der Waals surface area contributed by atoms with Gasteiger partial charge < -0.3 is 14.4 Å². The second kappa shape index (κ2) is 4.49. The van der Waals surface area contributed by atoms with Gasteiger partial charge in [0.15, 0.2) is 5.82 Å². The van der Waals surface area contributed by atoms with Crippen molar-refractivity contribution < 1.29 is 4.52 Å². The van der Waals surface area contributed by atoms with E-state index < -0.39 is 0 Å². The average molecular weight is 220 g/mol. The highest BCUT2D eigenvalue weighted by Gasteiger charge is 2.07. The van der Waals surface area contributed by atoms with Crippen molar-refractivity contribution in [1.82, 2.24) is 20.0 Å². The second-order valence-corrected chi connectivity index (χ2v) is 3.86. The van der Waals surface area contributed by atoms with E-state index in [0.29, 0.717) is 24.3 Å². The van der Waals surface area contributed by atoms with Gasteiger partial charge in [0, 0.05) is 18.4 Å². The van der Waals surface area contributed by atoms with E-state index in [1.807, 2.05) is 24.7 Å². The van der Waals surface area contributed by atoms with Crippen LogP contribution in [0.25, 0.3) is 0 Å². The van der Waals surface area contributed by atoms with Crippen molar-refractivity contribution in [3.05, 3.63) is 35.7 Å². The van der Waals surface area contributed by atoms with Crippen molar-refractivity contribution in [2.75, 3.05) is 7.05 Å². The SMILES string of the molecule is CNC(C)c1ccn(Cc2nc(C)no2)c1. The zero-order valence-electron chi connectivity index (χ0n) is 9.77. The van der Waals surface area contributed by atoms with Crippen LogP contribution in [0, 0.1) is 6.92 Å². The lowest BCUT2D eigenvalue weighted by Crippen LogP contribution is -2.11. The zero-order chi connectivity index (χ0) is 11.5. The van der Waals surface area contributed by atoms with Gasteiger partial charge >= 0.3 is 0 Å². The molecule has 0 radical (unpaired) electrons. The van der Waals surface area contributed by atoms with E-state index in [1.165, 1.54) is 5.56 Å². The monoisotopic (exact) mass is 220 g/mol. The summed E-state index contributed by atoms with van der Waals surface area (Å²) in [4.78, 5) is 4.17. The lowest BCUT2D eigenvalue weighted by molar-refractivity contribution is 0.368. The molecule has 0 saturated carbocycles. The fourth-order valence-electron chi connectivity index (χ4n) is 1.54. The van der Waals surface area contributed by atoms with Crippen molar-refractivity contribution in [3.63, 3.8) is 0 Å². The molecule has 86 valence electrons. The number of hydrogen-bond acceptors (Lipinski definition) is 4. The smallest absolute Gasteiger partial charge is 0.246 e. The van der Waals surface area contributed by atoms with Gasteiger partial charge in [-0.1, -0.05) is 5.16 Å². The summed E-state index contributed by atoms with van der Waals surface area (Å²) in [5.74, 6) is 1.31. The van der Waals surface area contributed by atoms with E-state index in [4.69, 9.17) is 4.52 Å². The molecule has 0 spiro atoms. The summed E-state index contributed by atoms with van der Waals surface area (Å²) < 4.78 is 7.10. The number of nitrogens with one attached hydrogen (secondary N) is 1. The third-order valence-corrected chi connectivity index (χ3v) is 2.59. The summed E-state index contributed by atoms with van der Waals surface area (Å²) in [5, 5.41) is 6.96. The fraction of sp³-hybridized carbons (Fsp3) is 0.455. The molecule has 0 amide bonds. The first kappa shape index (κ1) is 10.9. The minimum Gasteiger partial charge on any atom is -0.345 e. The number of nitrogens with zero attached hydrogens (tertiary/aromatic N) is 3. The molecular weight excluding hydrogens is 204 g/mol. The predicted molar refractivity (Wildman–Crippen MR) is 60.0 cm³/mol. The van der Waals surface area contributed by atoms with Crippen LogP contribution in [0.1, 0.15) is 30.2 Å². The highest BCUT2D eigenvalue weighted by molar-refractivity contribution is 5.14. The lowest BCUT2D eigenvalue weighted by atomic mass is 10.2. The molecule has 2 rings (SSSR count). The molecule has 0 aliphatic rings. The van der Waals surface area contributed by atoms with E-state index >= 15 is 0 Å². The van der Waals surface area contributed by atoms with Gasteiger partial charge in [-0.25, -0.2) is 0 Å². The van der Waals surface area contributed by atoms with Gasteiger partial charge in [-0.05, 0) is 32.5 Å². The van der Waals surface area contributed by atoms with E-state index in [-0.39, 0.29) is 0 Å². The lowest BCUT2D eigenvalue weighted by Gasteiger charge is -2.06. The predicted octanol–water partition coefficient (Wildman–Crippen LogP) is 1.51. The van der Waals surface area contributed by atoms with Crippen LogP contribution in [0.2, 0.25) is 0 Å². The van der Waals surface area contributed by atoms with Crippen LogP contribution in [-0.2, 0) is 6.54 Å². The standard InChI is InChI=1S/C11H16N4O/c1-8(12-3)10-4-5-15(6-10)7-11-13-9(2)14-16-11/h4-6,8,12H,7H2,1-3H3. The van der Waals surface area contributed by atoms with Crippen LogP contribution < -0.4 is 5.32 Å². The van der Waals surface area contributed by atoms with Gasteiger partial charge in [0.2, 0.25) is 5.89 Å². The van der Waals surface area contributed by atoms with E-state index in [0.717, 1.165) is 0 Å². The van der Waals surface area contributed by atoms with Crippen LogP contribution in [0.5, 0.6) is 0 Å². The summed E-state index contributed by atoms with van der Waals surface area (Å²) in [6.45, 7) is 4.56. The Hall–Kier alpha value is -1.62. The van der Waals surface area contributed by atoms with Crippen molar-refractivity contribution >= 4 is 0 Å². The number of hydrogen-bond donors (Lipinski definition) is 1. The van der Waals surface area contributed by atoms with Gasteiger partial charge in [0.05, 0.1) is 0 Å². The fourth-order valence-corrected chi connectivity index (χ4v) is 1.54. The summed E-state index contributed by atoms with van der Waals surface area (Å²) in [6, 6.07) is 2.44. The highest BCUT2D eigenvalue weighted by Crippen LogP contribution is 2.12. The maximum atomic E-state index is 5.07. The summed E-state index contributed by atoms with van der Waals surface area (Å²) in [7, 11) is 1.95. The summed E-state index contributed by atoms with van der Waals surface area (Å²) in [6.07, 6.45) is 4.10. The Kier molecular flexibility index (Phi) is 3.05. The largest absolute Gasteiger partial charge is 0.345 e. The van der Waals surface area contributed by atoms with Gasteiger partial charge in [0.1, 0.15) is 6.54 Å². The van der Waals surface area contributed by atoms with Crippen LogP contribution in [0.15, 0.2) is 23.0 Å². The molecule has 1 unspecified atom stereocenters. The average Bonchev–Trinajstić information content (AvgIpc) is 2.87. The molecular formula is C11H16N4O. The molecule has 5 heteroatoms. The van der Waals surface area contributed by atoms with Crippen LogP contribution in [-0.4, -0.2) is 21.8 Å². The third kappa shape index (κ3) is 2.30. The third-order valence-electron chi connectivity index (χ3n) is 2.59. The van der Waals surface area contributed by atoms with Gasteiger partial charge in [-0.2, -0.15) is 4.98 Å². The van der Waals surface area contributed by atoms with Crippen LogP contribution in [0.4, 0.5) is 0 Å². The van der Waals surface area contributed by atoms with Gasteiger partial charge in [0.25, 0.3) is 0 Å². The maximum Gasteiger partial charge on any atom is 0.246 e. The quantitative estimate of drug-likeness (QED) is 0.848. The van der Waals surface area contributed by atoms with E-state index in [9.17, 15) is 0 Å².